The molecule has 1 nitrogen and oxygen atoms in total. The number of halogens is 1. The highest BCUT2D eigenvalue weighted by molar-refractivity contribution is 7.16. The Kier molecular flexibility index (Phi) is 2.58. The molecule has 0 bridgehead atoms. The molecule has 0 spiro atoms. The summed E-state index contributed by atoms with van der Waals surface area (Å²) in [6, 6.07) is 3.89. The Morgan fingerprint density at radius 3 is 2.64 bits per heavy atom. The molecule has 1 rings (SSSR count). The molecule has 0 aliphatic carbocycles. The molecule has 11 heavy (non-hydrogen) atoms. The van der Waals surface area contributed by atoms with Crippen molar-refractivity contribution in [2.75, 3.05) is 0 Å². The third-order valence-corrected chi connectivity index (χ3v) is 3.38. The Morgan fingerprint density at radius 2 is 2.27 bits per heavy atom. The molecule has 1 aromatic heterocycles. The van der Waals surface area contributed by atoms with Crippen LogP contribution in [0.15, 0.2) is 12.1 Å². The first-order valence-electron chi connectivity index (χ1n) is 3.61. The zero-order valence-corrected chi connectivity index (χ0v) is 8.30. The van der Waals surface area contributed by atoms with Crippen LogP contribution in [0, 0.1) is 0 Å². The van der Waals surface area contributed by atoms with Crippen molar-refractivity contribution in [3.8, 4) is 0 Å². The third-order valence-electron chi connectivity index (χ3n) is 1.87. The highest BCUT2D eigenvalue weighted by Gasteiger charge is 2.19. The van der Waals surface area contributed by atoms with Gasteiger partial charge in [-0.25, -0.2) is 0 Å². The first-order valence-corrected chi connectivity index (χ1v) is 4.80. The summed E-state index contributed by atoms with van der Waals surface area (Å²) in [5.74, 6) is 0. The van der Waals surface area contributed by atoms with Gasteiger partial charge in [-0.2, -0.15) is 0 Å². The van der Waals surface area contributed by atoms with Gasteiger partial charge in [-0.3, -0.25) is 0 Å². The van der Waals surface area contributed by atoms with E-state index in [1.54, 1.807) is 11.3 Å². The summed E-state index contributed by atoms with van der Waals surface area (Å²) in [4.78, 5) is 1.16. The summed E-state index contributed by atoms with van der Waals surface area (Å²) in [5.41, 5.74) is 5.79. The van der Waals surface area contributed by atoms with E-state index in [9.17, 15) is 0 Å². The summed E-state index contributed by atoms with van der Waals surface area (Å²) in [6.07, 6.45) is 0.934. The van der Waals surface area contributed by atoms with Gasteiger partial charge in [-0.15, -0.1) is 11.3 Å². The minimum atomic E-state index is -0.211. The molecule has 0 amide bonds. The SMILES string of the molecule is CC[C@@](C)(N)c1ccc(Cl)s1. The van der Waals surface area contributed by atoms with Gasteiger partial charge in [0, 0.05) is 10.4 Å². The van der Waals surface area contributed by atoms with Crippen LogP contribution in [0.1, 0.15) is 25.1 Å². The molecule has 1 atom stereocenters. The highest BCUT2D eigenvalue weighted by atomic mass is 35.5. The average molecular weight is 190 g/mol. The molecule has 0 fully saturated rings. The lowest BCUT2D eigenvalue weighted by Gasteiger charge is -2.20. The quantitative estimate of drug-likeness (QED) is 0.761. The van der Waals surface area contributed by atoms with Crippen molar-refractivity contribution in [3.05, 3.63) is 21.3 Å². The minimum Gasteiger partial charge on any atom is -0.321 e. The van der Waals surface area contributed by atoms with E-state index in [2.05, 4.69) is 6.92 Å². The number of thiophene rings is 1. The van der Waals surface area contributed by atoms with Gasteiger partial charge < -0.3 is 5.73 Å². The summed E-state index contributed by atoms with van der Waals surface area (Å²) < 4.78 is 0.810. The lowest BCUT2D eigenvalue weighted by Crippen LogP contribution is -2.30. The molecule has 3 heteroatoms. The molecule has 0 saturated carbocycles. The second-order valence-electron chi connectivity index (χ2n) is 2.87. The molecule has 0 aliphatic heterocycles. The smallest absolute Gasteiger partial charge is 0.0931 e. The first-order chi connectivity index (χ1) is 5.06. The van der Waals surface area contributed by atoms with Crippen molar-refractivity contribution < 1.29 is 0 Å². The molecule has 1 heterocycles. The van der Waals surface area contributed by atoms with Crippen molar-refractivity contribution >= 4 is 22.9 Å². The standard InChI is InChI=1S/C8H12ClNS/c1-3-8(2,10)6-4-5-7(9)11-6/h4-5H,3,10H2,1-2H3/t8-/m1/s1. The zero-order valence-electron chi connectivity index (χ0n) is 6.73. The summed E-state index contributed by atoms with van der Waals surface area (Å²) in [7, 11) is 0. The molecule has 0 unspecified atom stereocenters. The molecule has 0 saturated heterocycles. The fourth-order valence-corrected chi connectivity index (χ4v) is 1.97. The lowest BCUT2D eigenvalue weighted by molar-refractivity contribution is 0.486. The van der Waals surface area contributed by atoms with E-state index in [1.165, 1.54) is 0 Å². The van der Waals surface area contributed by atoms with Crippen LogP contribution in [0.2, 0.25) is 4.34 Å². The molecule has 62 valence electrons. The second kappa shape index (κ2) is 3.13. The van der Waals surface area contributed by atoms with Crippen LogP contribution < -0.4 is 5.73 Å². The van der Waals surface area contributed by atoms with Crippen molar-refractivity contribution in [3.63, 3.8) is 0 Å². The van der Waals surface area contributed by atoms with Crippen LogP contribution in [0.4, 0.5) is 0 Å². The summed E-state index contributed by atoms with van der Waals surface area (Å²) in [6.45, 7) is 4.10. The van der Waals surface area contributed by atoms with E-state index in [1.807, 2.05) is 19.1 Å². The fourth-order valence-electron chi connectivity index (χ4n) is 0.795. The molecule has 0 aliphatic rings. The van der Waals surface area contributed by atoms with Gasteiger partial charge in [0.2, 0.25) is 0 Å². The number of hydrogen-bond acceptors (Lipinski definition) is 2. The van der Waals surface area contributed by atoms with Crippen LogP contribution in [0.3, 0.4) is 0 Å². The Balaban J connectivity index is 2.92. The van der Waals surface area contributed by atoms with E-state index >= 15 is 0 Å². The van der Waals surface area contributed by atoms with E-state index < -0.39 is 0 Å². The van der Waals surface area contributed by atoms with Gasteiger partial charge in [0.1, 0.15) is 0 Å². The van der Waals surface area contributed by atoms with Crippen LogP contribution in [-0.2, 0) is 5.54 Å². The maximum absolute atomic E-state index is 6.00. The second-order valence-corrected chi connectivity index (χ2v) is 4.59. The summed E-state index contributed by atoms with van der Waals surface area (Å²) >= 11 is 7.35. The largest absolute Gasteiger partial charge is 0.321 e. The predicted molar refractivity (Wildman–Crippen MR) is 51.2 cm³/mol. The Morgan fingerprint density at radius 1 is 1.64 bits per heavy atom. The maximum atomic E-state index is 6.00. The predicted octanol–water partition coefficient (Wildman–Crippen LogP) is 2.99. The van der Waals surface area contributed by atoms with Crippen molar-refractivity contribution in [1.29, 1.82) is 0 Å². The maximum Gasteiger partial charge on any atom is 0.0931 e. The molecule has 2 N–H and O–H groups in total. The van der Waals surface area contributed by atoms with Gasteiger partial charge in [0.15, 0.2) is 0 Å². The number of rotatable bonds is 2. The molecular weight excluding hydrogens is 178 g/mol. The molecule has 0 radical (unpaired) electrons. The van der Waals surface area contributed by atoms with E-state index in [-0.39, 0.29) is 5.54 Å². The Hall–Kier alpha value is -0.0500. The molecule has 1 aromatic rings. The fraction of sp³-hybridized carbons (Fsp3) is 0.500. The van der Waals surface area contributed by atoms with E-state index in [0.29, 0.717) is 0 Å². The van der Waals surface area contributed by atoms with Crippen molar-refractivity contribution in [2.45, 2.75) is 25.8 Å². The van der Waals surface area contributed by atoms with Gasteiger partial charge in [-0.05, 0) is 25.5 Å². The molecular formula is C8H12ClNS. The molecule has 0 aromatic carbocycles. The van der Waals surface area contributed by atoms with E-state index in [4.69, 9.17) is 17.3 Å². The number of nitrogens with two attached hydrogens (primary N) is 1. The topological polar surface area (TPSA) is 26.0 Å². The minimum absolute atomic E-state index is 0.211. The van der Waals surface area contributed by atoms with Crippen LogP contribution in [0.25, 0.3) is 0 Å². The monoisotopic (exact) mass is 189 g/mol. The summed E-state index contributed by atoms with van der Waals surface area (Å²) in [5, 5.41) is 0. The normalized spacial score (nSPS) is 16.4. The van der Waals surface area contributed by atoms with Crippen LogP contribution >= 0.6 is 22.9 Å². The van der Waals surface area contributed by atoms with Crippen LogP contribution in [0.5, 0.6) is 0 Å². The zero-order chi connectivity index (χ0) is 8.48. The number of hydrogen-bond donors (Lipinski definition) is 1. The third kappa shape index (κ3) is 1.95. The average Bonchev–Trinajstić information content (AvgIpc) is 2.36. The van der Waals surface area contributed by atoms with Gasteiger partial charge in [0.25, 0.3) is 0 Å². The highest BCUT2D eigenvalue weighted by Crippen LogP contribution is 2.30. The lowest BCUT2D eigenvalue weighted by atomic mass is 9.99. The van der Waals surface area contributed by atoms with Gasteiger partial charge >= 0.3 is 0 Å². The van der Waals surface area contributed by atoms with E-state index in [0.717, 1.165) is 15.6 Å². The Bertz CT molecular complexity index is 242. The van der Waals surface area contributed by atoms with Gasteiger partial charge in [-0.1, -0.05) is 18.5 Å². The van der Waals surface area contributed by atoms with Gasteiger partial charge in [0.05, 0.1) is 4.34 Å². The Labute approximate surface area is 76.2 Å². The first kappa shape index (κ1) is 9.04. The van der Waals surface area contributed by atoms with Crippen molar-refractivity contribution in [2.24, 2.45) is 5.73 Å². The van der Waals surface area contributed by atoms with Crippen LogP contribution in [-0.4, -0.2) is 0 Å². The van der Waals surface area contributed by atoms with Crippen molar-refractivity contribution in [1.82, 2.24) is 0 Å².